The van der Waals surface area contributed by atoms with Crippen LogP contribution in [-0.2, 0) is 5.60 Å². The molecular formula is C18H22O. The molecule has 19 heavy (non-hydrogen) atoms. The lowest BCUT2D eigenvalue weighted by Gasteiger charge is -2.28. The molecule has 0 amide bonds. The molecule has 2 rings (SSSR count). The molecule has 0 spiro atoms. The number of aryl methyl sites for hydroxylation is 4. The first kappa shape index (κ1) is 13.8. The minimum Gasteiger partial charge on any atom is -0.381 e. The van der Waals surface area contributed by atoms with Gasteiger partial charge in [-0.05, 0) is 56.9 Å². The Morgan fingerprint density at radius 1 is 0.737 bits per heavy atom. The molecule has 0 saturated carbocycles. The Hall–Kier alpha value is -1.60. The fourth-order valence-corrected chi connectivity index (χ4v) is 2.67. The molecule has 0 radical (unpaired) electrons. The highest BCUT2D eigenvalue weighted by molar-refractivity contribution is 5.45. The summed E-state index contributed by atoms with van der Waals surface area (Å²) >= 11 is 0. The van der Waals surface area contributed by atoms with Crippen molar-refractivity contribution in [2.24, 2.45) is 0 Å². The van der Waals surface area contributed by atoms with Gasteiger partial charge in [0.1, 0.15) is 5.60 Å². The maximum absolute atomic E-state index is 11.1. The van der Waals surface area contributed by atoms with Gasteiger partial charge in [-0.1, -0.05) is 47.5 Å². The van der Waals surface area contributed by atoms with Crippen LogP contribution in [0.15, 0.2) is 36.4 Å². The van der Waals surface area contributed by atoms with Crippen LogP contribution in [0.5, 0.6) is 0 Å². The van der Waals surface area contributed by atoms with Crippen LogP contribution in [-0.4, -0.2) is 5.11 Å². The first-order valence-corrected chi connectivity index (χ1v) is 6.70. The predicted molar refractivity (Wildman–Crippen MR) is 80.5 cm³/mol. The molecule has 2 aromatic carbocycles. The van der Waals surface area contributed by atoms with Crippen molar-refractivity contribution >= 4 is 0 Å². The third-order valence-electron chi connectivity index (χ3n) is 3.84. The van der Waals surface area contributed by atoms with Crippen molar-refractivity contribution in [1.29, 1.82) is 0 Å². The molecular weight excluding hydrogens is 232 g/mol. The quantitative estimate of drug-likeness (QED) is 0.852. The Balaban J connectivity index is 2.64. The lowest BCUT2D eigenvalue weighted by atomic mass is 9.82. The van der Waals surface area contributed by atoms with E-state index in [-0.39, 0.29) is 0 Å². The summed E-state index contributed by atoms with van der Waals surface area (Å²) in [6, 6.07) is 12.5. The Labute approximate surface area is 115 Å². The molecule has 0 fully saturated rings. The van der Waals surface area contributed by atoms with E-state index in [2.05, 4.69) is 50.2 Å². The monoisotopic (exact) mass is 254 g/mol. The largest absolute Gasteiger partial charge is 0.381 e. The first-order valence-electron chi connectivity index (χ1n) is 6.70. The third kappa shape index (κ3) is 2.57. The molecule has 1 N–H and O–H groups in total. The summed E-state index contributed by atoms with van der Waals surface area (Å²) in [5, 5.41) is 11.1. The third-order valence-corrected chi connectivity index (χ3v) is 3.84. The van der Waals surface area contributed by atoms with Gasteiger partial charge in [0.25, 0.3) is 0 Å². The summed E-state index contributed by atoms with van der Waals surface area (Å²) in [6.07, 6.45) is 0. The molecule has 100 valence electrons. The number of hydrogen-bond acceptors (Lipinski definition) is 1. The van der Waals surface area contributed by atoms with Crippen LogP contribution >= 0.6 is 0 Å². The van der Waals surface area contributed by atoms with Gasteiger partial charge in [0.05, 0.1) is 0 Å². The lowest BCUT2D eigenvalue weighted by Crippen LogP contribution is -2.25. The predicted octanol–water partition coefficient (Wildman–Crippen LogP) is 4.18. The van der Waals surface area contributed by atoms with Crippen LogP contribution in [0.1, 0.15) is 40.3 Å². The molecule has 0 bridgehead atoms. The molecule has 0 aromatic heterocycles. The van der Waals surface area contributed by atoms with E-state index in [0.29, 0.717) is 0 Å². The van der Waals surface area contributed by atoms with Crippen LogP contribution in [0.3, 0.4) is 0 Å². The van der Waals surface area contributed by atoms with E-state index in [1.807, 2.05) is 20.8 Å². The van der Waals surface area contributed by atoms with E-state index in [1.165, 1.54) is 11.1 Å². The molecule has 0 saturated heterocycles. The van der Waals surface area contributed by atoms with Gasteiger partial charge in [0.15, 0.2) is 0 Å². The summed E-state index contributed by atoms with van der Waals surface area (Å²) in [6.45, 7) is 10.1. The Bertz CT molecular complexity index is 556. The zero-order valence-electron chi connectivity index (χ0n) is 12.4. The fourth-order valence-electron chi connectivity index (χ4n) is 2.67. The maximum atomic E-state index is 11.1. The van der Waals surface area contributed by atoms with Crippen molar-refractivity contribution in [1.82, 2.24) is 0 Å². The van der Waals surface area contributed by atoms with Crippen LogP contribution in [0.2, 0.25) is 0 Å². The smallest absolute Gasteiger partial charge is 0.112 e. The van der Waals surface area contributed by atoms with Crippen molar-refractivity contribution in [2.45, 2.75) is 40.2 Å². The zero-order chi connectivity index (χ0) is 14.2. The number of hydrogen-bond donors (Lipinski definition) is 1. The normalized spacial score (nSPS) is 11.7. The Morgan fingerprint density at radius 2 is 1.11 bits per heavy atom. The molecule has 0 heterocycles. The minimum atomic E-state index is -0.952. The van der Waals surface area contributed by atoms with Gasteiger partial charge in [0, 0.05) is 0 Å². The summed E-state index contributed by atoms with van der Waals surface area (Å²) < 4.78 is 0. The van der Waals surface area contributed by atoms with Crippen molar-refractivity contribution in [2.75, 3.05) is 0 Å². The van der Waals surface area contributed by atoms with Crippen molar-refractivity contribution in [3.05, 3.63) is 69.8 Å². The van der Waals surface area contributed by atoms with E-state index in [1.54, 1.807) is 0 Å². The highest BCUT2D eigenvalue weighted by atomic mass is 16.3. The zero-order valence-corrected chi connectivity index (χ0v) is 12.4. The van der Waals surface area contributed by atoms with E-state index in [9.17, 15) is 5.11 Å². The number of aliphatic hydroxyl groups is 1. The summed E-state index contributed by atoms with van der Waals surface area (Å²) in [5.74, 6) is 0. The topological polar surface area (TPSA) is 20.2 Å². The molecule has 2 aromatic rings. The van der Waals surface area contributed by atoms with Gasteiger partial charge in [0.2, 0.25) is 0 Å². The number of benzene rings is 2. The second-order valence-corrected chi connectivity index (χ2v) is 5.71. The van der Waals surface area contributed by atoms with Crippen molar-refractivity contribution < 1.29 is 5.11 Å². The molecule has 0 atom stereocenters. The number of rotatable bonds is 2. The van der Waals surface area contributed by atoms with Crippen LogP contribution in [0, 0.1) is 27.7 Å². The lowest BCUT2D eigenvalue weighted by molar-refractivity contribution is 0.101. The molecule has 0 unspecified atom stereocenters. The van der Waals surface area contributed by atoms with E-state index in [0.717, 1.165) is 22.3 Å². The fraction of sp³-hybridized carbons (Fsp3) is 0.333. The molecule has 0 aliphatic heterocycles. The second-order valence-electron chi connectivity index (χ2n) is 5.71. The molecule has 0 aliphatic rings. The minimum absolute atomic E-state index is 0.952. The van der Waals surface area contributed by atoms with Gasteiger partial charge < -0.3 is 5.11 Å². The Morgan fingerprint density at radius 3 is 1.47 bits per heavy atom. The van der Waals surface area contributed by atoms with E-state index in [4.69, 9.17) is 0 Å². The van der Waals surface area contributed by atoms with Gasteiger partial charge in [-0.2, -0.15) is 0 Å². The highest BCUT2D eigenvalue weighted by Gasteiger charge is 2.28. The van der Waals surface area contributed by atoms with Crippen molar-refractivity contribution in [3.8, 4) is 0 Å². The highest BCUT2D eigenvalue weighted by Crippen LogP contribution is 2.34. The van der Waals surface area contributed by atoms with Gasteiger partial charge >= 0.3 is 0 Å². The van der Waals surface area contributed by atoms with Gasteiger partial charge in [-0.25, -0.2) is 0 Å². The second kappa shape index (κ2) is 4.82. The standard InChI is InChI=1S/C18H22O/c1-12-6-8-14(3)16(10-12)18(5,19)17-11-13(2)7-9-15(17)4/h6-11,19H,1-5H3. The molecule has 1 nitrogen and oxygen atoms in total. The van der Waals surface area contributed by atoms with E-state index < -0.39 is 5.60 Å². The van der Waals surface area contributed by atoms with Gasteiger partial charge in [-0.3, -0.25) is 0 Å². The van der Waals surface area contributed by atoms with E-state index >= 15 is 0 Å². The summed E-state index contributed by atoms with van der Waals surface area (Å²) in [7, 11) is 0. The van der Waals surface area contributed by atoms with Crippen LogP contribution in [0.4, 0.5) is 0 Å². The summed E-state index contributed by atoms with van der Waals surface area (Å²) in [4.78, 5) is 0. The van der Waals surface area contributed by atoms with Gasteiger partial charge in [-0.15, -0.1) is 0 Å². The maximum Gasteiger partial charge on any atom is 0.112 e. The van der Waals surface area contributed by atoms with Crippen molar-refractivity contribution in [3.63, 3.8) is 0 Å². The SMILES string of the molecule is Cc1ccc(C)c(C(C)(O)c2cc(C)ccc2C)c1. The summed E-state index contributed by atoms with van der Waals surface area (Å²) in [5.41, 5.74) is 5.61. The first-order chi connectivity index (χ1) is 8.82. The molecule has 0 aliphatic carbocycles. The average Bonchev–Trinajstić information content (AvgIpc) is 2.35. The van der Waals surface area contributed by atoms with Crippen LogP contribution < -0.4 is 0 Å². The average molecular weight is 254 g/mol. The van der Waals surface area contributed by atoms with Crippen LogP contribution in [0.25, 0.3) is 0 Å². The Kier molecular flexibility index (Phi) is 3.51. The molecule has 1 heteroatoms.